The molecule has 2 rings (SSSR count). The van der Waals surface area contributed by atoms with Gasteiger partial charge in [-0.05, 0) is 31.4 Å². The topological polar surface area (TPSA) is 93.5 Å². The fourth-order valence-corrected chi connectivity index (χ4v) is 3.41. The van der Waals surface area contributed by atoms with Crippen LogP contribution in [0, 0.1) is 0 Å². The Hall–Kier alpha value is -1.99. The van der Waals surface area contributed by atoms with Gasteiger partial charge in [0.25, 0.3) is 0 Å². The third kappa shape index (κ3) is 4.75. The molecule has 3 N–H and O–H groups in total. The predicted molar refractivity (Wildman–Crippen MR) is 95.6 cm³/mol. The SMILES string of the molecule is CCCC(CCCO)N=c1sc(-c2ccc(C(N)=O)cc2)nn1C. The molecule has 0 aliphatic rings. The van der Waals surface area contributed by atoms with Crippen LogP contribution in [0.4, 0.5) is 0 Å². The first kappa shape index (κ1) is 18.4. The number of nitrogens with zero attached hydrogens (tertiary/aromatic N) is 3. The molecule has 0 radical (unpaired) electrons. The van der Waals surface area contributed by atoms with Crippen LogP contribution in [0.15, 0.2) is 29.3 Å². The van der Waals surface area contributed by atoms with Crippen molar-refractivity contribution >= 4 is 17.2 Å². The molecule has 0 saturated carbocycles. The van der Waals surface area contributed by atoms with E-state index in [0.717, 1.165) is 41.1 Å². The summed E-state index contributed by atoms with van der Waals surface area (Å²) in [5.41, 5.74) is 6.68. The van der Waals surface area contributed by atoms with Gasteiger partial charge in [0, 0.05) is 24.8 Å². The molecule has 1 aromatic heterocycles. The van der Waals surface area contributed by atoms with Crippen molar-refractivity contribution in [1.82, 2.24) is 9.78 Å². The van der Waals surface area contributed by atoms with E-state index in [9.17, 15) is 4.79 Å². The number of carbonyl (C=O) groups is 1. The van der Waals surface area contributed by atoms with Gasteiger partial charge in [0.1, 0.15) is 5.01 Å². The first-order valence-electron chi connectivity index (χ1n) is 8.14. The van der Waals surface area contributed by atoms with Crippen molar-refractivity contribution in [1.29, 1.82) is 0 Å². The minimum atomic E-state index is -0.437. The normalized spacial score (nSPS) is 13.2. The van der Waals surface area contributed by atoms with E-state index in [1.165, 1.54) is 11.3 Å². The molecule has 0 aliphatic carbocycles. The zero-order valence-electron chi connectivity index (χ0n) is 14.1. The molecule has 130 valence electrons. The molecule has 1 unspecified atom stereocenters. The van der Waals surface area contributed by atoms with Crippen molar-refractivity contribution in [3.05, 3.63) is 34.6 Å². The second-order valence-corrected chi connectivity index (χ2v) is 6.65. The number of benzene rings is 1. The molecule has 1 atom stereocenters. The summed E-state index contributed by atoms with van der Waals surface area (Å²) in [7, 11) is 1.88. The van der Waals surface area contributed by atoms with Crippen LogP contribution in [0.3, 0.4) is 0 Å². The monoisotopic (exact) mass is 348 g/mol. The van der Waals surface area contributed by atoms with Gasteiger partial charge in [-0.15, -0.1) is 0 Å². The Morgan fingerprint density at radius 3 is 2.67 bits per heavy atom. The van der Waals surface area contributed by atoms with Crippen LogP contribution in [0.5, 0.6) is 0 Å². The summed E-state index contributed by atoms with van der Waals surface area (Å²) < 4.78 is 1.78. The van der Waals surface area contributed by atoms with Crippen molar-refractivity contribution in [3.63, 3.8) is 0 Å². The van der Waals surface area contributed by atoms with Crippen molar-refractivity contribution in [2.24, 2.45) is 17.8 Å². The maximum absolute atomic E-state index is 11.1. The lowest BCUT2D eigenvalue weighted by Gasteiger charge is -2.09. The fraction of sp³-hybridized carbons (Fsp3) is 0.471. The lowest BCUT2D eigenvalue weighted by atomic mass is 10.1. The first-order valence-corrected chi connectivity index (χ1v) is 8.95. The van der Waals surface area contributed by atoms with E-state index in [-0.39, 0.29) is 12.6 Å². The number of aliphatic hydroxyl groups excluding tert-OH is 1. The lowest BCUT2D eigenvalue weighted by molar-refractivity contribution is 0.100. The second kappa shape index (κ2) is 8.75. The van der Waals surface area contributed by atoms with E-state index in [1.54, 1.807) is 16.8 Å². The third-order valence-electron chi connectivity index (χ3n) is 3.73. The molecule has 0 aliphatic heterocycles. The number of primary amides is 1. The Balaban J connectivity index is 2.27. The largest absolute Gasteiger partial charge is 0.396 e. The second-order valence-electron chi connectivity index (χ2n) is 5.69. The molecule has 24 heavy (non-hydrogen) atoms. The molecule has 7 heteroatoms. The smallest absolute Gasteiger partial charge is 0.248 e. The molecule has 0 bridgehead atoms. The van der Waals surface area contributed by atoms with Gasteiger partial charge in [-0.3, -0.25) is 9.79 Å². The summed E-state index contributed by atoms with van der Waals surface area (Å²) >= 11 is 1.52. The van der Waals surface area contributed by atoms with Crippen LogP contribution >= 0.6 is 11.3 Å². The van der Waals surface area contributed by atoms with Gasteiger partial charge < -0.3 is 10.8 Å². The fourth-order valence-electron chi connectivity index (χ4n) is 2.45. The van der Waals surface area contributed by atoms with Crippen LogP contribution in [-0.4, -0.2) is 33.4 Å². The number of aryl methyl sites for hydroxylation is 1. The van der Waals surface area contributed by atoms with Crippen LogP contribution in [0.25, 0.3) is 10.6 Å². The molecule has 6 nitrogen and oxygen atoms in total. The van der Waals surface area contributed by atoms with Crippen LogP contribution < -0.4 is 10.5 Å². The summed E-state index contributed by atoms with van der Waals surface area (Å²) in [6, 6.07) is 7.31. The summed E-state index contributed by atoms with van der Waals surface area (Å²) in [6.45, 7) is 2.34. The van der Waals surface area contributed by atoms with Crippen molar-refractivity contribution in [2.45, 2.75) is 38.6 Å². The Morgan fingerprint density at radius 1 is 1.38 bits per heavy atom. The first-order chi connectivity index (χ1) is 11.5. The highest BCUT2D eigenvalue weighted by molar-refractivity contribution is 7.12. The van der Waals surface area contributed by atoms with Crippen molar-refractivity contribution in [3.8, 4) is 10.6 Å². The van der Waals surface area contributed by atoms with E-state index in [0.29, 0.717) is 5.56 Å². The zero-order chi connectivity index (χ0) is 17.5. The highest BCUT2D eigenvalue weighted by Crippen LogP contribution is 2.20. The molecule has 0 spiro atoms. The standard InChI is InChI=1S/C17H24N4O2S/c1-3-5-14(6-4-11-22)19-17-21(2)20-16(24-17)13-9-7-12(8-10-13)15(18)23/h7-10,14,22H,3-6,11H2,1-2H3,(H2,18,23). The number of rotatable bonds is 8. The van der Waals surface area contributed by atoms with Gasteiger partial charge in [0.2, 0.25) is 10.7 Å². The predicted octanol–water partition coefficient (Wildman–Crippen LogP) is 2.09. The van der Waals surface area contributed by atoms with Gasteiger partial charge in [0.15, 0.2) is 0 Å². The van der Waals surface area contributed by atoms with Crippen LogP contribution in [0.2, 0.25) is 0 Å². The lowest BCUT2D eigenvalue weighted by Crippen LogP contribution is -2.17. The van der Waals surface area contributed by atoms with Crippen LogP contribution in [-0.2, 0) is 7.05 Å². The highest BCUT2D eigenvalue weighted by atomic mass is 32.1. The minimum absolute atomic E-state index is 0.196. The Labute approximate surface area is 145 Å². The molecular formula is C17H24N4O2S. The number of hydrogen-bond acceptors (Lipinski definition) is 5. The average Bonchev–Trinajstić information content (AvgIpc) is 2.93. The number of amides is 1. The number of carbonyl (C=O) groups excluding carboxylic acids is 1. The molecule has 1 amide bonds. The molecule has 1 heterocycles. The molecule has 1 aromatic carbocycles. The van der Waals surface area contributed by atoms with E-state index in [2.05, 4.69) is 12.0 Å². The van der Waals surface area contributed by atoms with Crippen molar-refractivity contribution in [2.75, 3.05) is 6.61 Å². The summed E-state index contributed by atoms with van der Waals surface area (Å²) in [6.07, 6.45) is 3.70. The van der Waals surface area contributed by atoms with E-state index in [4.69, 9.17) is 15.8 Å². The van der Waals surface area contributed by atoms with Gasteiger partial charge in [0.05, 0.1) is 6.04 Å². The van der Waals surface area contributed by atoms with E-state index >= 15 is 0 Å². The van der Waals surface area contributed by atoms with Gasteiger partial charge in [-0.25, -0.2) is 4.68 Å². The number of aliphatic hydroxyl groups is 1. The molecule has 0 fully saturated rings. The highest BCUT2D eigenvalue weighted by Gasteiger charge is 2.10. The average molecular weight is 348 g/mol. The van der Waals surface area contributed by atoms with Gasteiger partial charge in [-0.1, -0.05) is 36.8 Å². The quantitative estimate of drug-likeness (QED) is 0.765. The van der Waals surface area contributed by atoms with E-state index < -0.39 is 5.91 Å². The molecule has 2 aromatic rings. The summed E-state index contributed by atoms with van der Waals surface area (Å²) in [5.74, 6) is -0.437. The number of hydrogen-bond donors (Lipinski definition) is 2. The molecular weight excluding hydrogens is 324 g/mol. The summed E-state index contributed by atoms with van der Waals surface area (Å²) in [4.78, 5) is 16.8. The Morgan fingerprint density at radius 2 is 2.08 bits per heavy atom. The van der Waals surface area contributed by atoms with Crippen molar-refractivity contribution < 1.29 is 9.90 Å². The third-order valence-corrected chi connectivity index (χ3v) is 4.80. The maximum atomic E-state index is 11.1. The molecule has 0 saturated heterocycles. The zero-order valence-corrected chi connectivity index (χ0v) is 14.9. The Bertz CT molecular complexity index is 734. The van der Waals surface area contributed by atoms with E-state index in [1.807, 2.05) is 19.2 Å². The summed E-state index contributed by atoms with van der Waals surface area (Å²) in [5, 5.41) is 14.4. The van der Waals surface area contributed by atoms with Gasteiger partial charge >= 0.3 is 0 Å². The van der Waals surface area contributed by atoms with Gasteiger partial charge in [-0.2, -0.15) is 5.10 Å². The van der Waals surface area contributed by atoms with Crippen LogP contribution in [0.1, 0.15) is 43.0 Å². The number of aromatic nitrogens is 2. The Kier molecular flexibility index (Phi) is 6.69. The maximum Gasteiger partial charge on any atom is 0.248 e. The minimum Gasteiger partial charge on any atom is -0.396 e. The number of nitrogens with two attached hydrogens (primary N) is 1.